The number of sulfonamides is 1. The van der Waals surface area contributed by atoms with Crippen molar-refractivity contribution in [1.29, 1.82) is 0 Å². The predicted molar refractivity (Wildman–Crippen MR) is 88.2 cm³/mol. The summed E-state index contributed by atoms with van der Waals surface area (Å²) in [6.07, 6.45) is -2.63. The Morgan fingerprint density at radius 2 is 1.88 bits per heavy atom. The van der Waals surface area contributed by atoms with Crippen molar-refractivity contribution in [2.45, 2.75) is 49.1 Å². The Bertz CT molecular complexity index is 742. The van der Waals surface area contributed by atoms with Crippen molar-refractivity contribution in [3.8, 4) is 0 Å². The molecule has 0 aliphatic carbocycles. The molecule has 7 nitrogen and oxygen atoms in total. The second-order valence-electron chi connectivity index (χ2n) is 5.97. The van der Waals surface area contributed by atoms with Gasteiger partial charge in [0.1, 0.15) is 12.1 Å². The number of aliphatic carboxylic acids is 1. The molecule has 2 rings (SSSR count). The number of carbonyl (C=O) groups excluding carboxylic acids is 1. The number of benzene rings is 1. The largest absolute Gasteiger partial charge is 0.480 e. The molecule has 0 aromatic heterocycles. The van der Waals surface area contributed by atoms with Gasteiger partial charge in [-0.25, -0.2) is 22.0 Å². The van der Waals surface area contributed by atoms with E-state index < -0.39 is 46.8 Å². The van der Waals surface area contributed by atoms with Crippen molar-refractivity contribution < 1.29 is 31.9 Å². The SMILES string of the molecule is O=C(O)C(CC(F)F)NC(=O)C1CCCCN1S(=O)(=O)c1ccccc1. The fourth-order valence-corrected chi connectivity index (χ4v) is 4.53. The Morgan fingerprint density at radius 1 is 1.23 bits per heavy atom. The van der Waals surface area contributed by atoms with Crippen molar-refractivity contribution in [3.05, 3.63) is 30.3 Å². The van der Waals surface area contributed by atoms with E-state index in [1.54, 1.807) is 18.2 Å². The van der Waals surface area contributed by atoms with Gasteiger partial charge in [-0.3, -0.25) is 4.79 Å². The van der Waals surface area contributed by atoms with Crippen LogP contribution in [-0.4, -0.2) is 54.8 Å². The number of amides is 1. The van der Waals surface area contributed by atoms with E-state index in [4.69, 9.17) is 5.11 Å². The number of nitrogens with zero attached hydrogens (tertiary/aromatic N) is 1. The zero-order valence-corrected chi connectivity index (χ0v) is 14.7. The Morgan fingerprint density at radius 3 is 2.46 bits per heavy atom. The lowest BCUT2D eigenvalue weighted by molar-refractivity contribution is -0.143. The van der Waals surface area contributed by atoms with Gasteiger partial charge in [0.25, 0.3) is 0 Å². The summed E-state index contributed by atoms with van der Waals surface area (Å²) in [6.45, 7) is 0.0991. The summed E-state index contributed by atoms with van der Waals surface area (Å²) in [7, 11) is -3.96. The summed E-state index contributed by atoms with van der Waals surface area (Å²) in [4.78, 5) is 23.5. The van der Waals surface area contributed by atoms with Crippen LogP contribution in [0.1, 0.15) is 25.7 Å². The molecule has 1 aliphatic heterocycles. The molecule has 26 heavy (non-hydrogen) atoms. The first-order valence-electron chi connectivity index (χ1n) is 8.11. The van der Waals surface area contributed by atoms with Crippen molar-refractivity contribution >= 4 is 21.9 Å². The molecule has 10 heteroatoms. The number of rotatable bonds is 7. The molecule has 1 aliphatic rings. The van der Waals surface area contributed by atoms with Gasteiger partial charge in [0.2, 0.25) is 22.4 Å². The fourth-order valence-electron chi connectivity index (χ4n) is 2.85. The number of carbonyl (C=O) groups is 2. The molecule has 0 radical (unpaired) electrons. The molecule has 2 unspecified atom stereocenters. The summed E-state index contributed by atoms with van der Waals surface area (Å²) in [5.41, 5.74) is 0. The maximum atomic E-state index is 12.8. The molecule has 144 valence electrons. The van der Waals surface area contributed by atoms with Crippen molar-refractivity contribution in [2.75, 3.05) is 6.54 Å². The van der Waals surface area contributed by atoms with Gasteiger partial charge in [-0.15, -0.1) is 0 Å². The molecule has 2 atom stereocenters. The van der Waals surface area contributed by atoms with Crippen LogP contribution in [0.4, 0.5) is 8.78 Å². The van der Waals surface area contributed by atoms with E-state index in [-0.39, 0.29) is 17.9 Å². The molecule has 1 fully saturated rings. The van der Waals surface area contributed by atoms with Crippen molar-refractivity contribution in [1.82, 2.24) is 9.62 Å². The van der Waals surface area contributed by atoms with Gasteiger partial charge < -0.3 is 10.4 Å². The average molecular weight is 390 g/mol. The number of halogens is 2. The van der Waals surface area contributed by atoms with Gasteiger partial charge in [-0.05, 0) is 25.0 Å². The van der Waals surface area contributed by atoms with Crippen LogP contribution in [-0.2, 0) is 19.6 Å². The van der Waals surface area contributed by atoms with Gasteiger partial charge >= 0.3 is 5.97 Å². The Kier molecular flexibility index (Phi) is 6.65. The van der Waals surface area contributed by atoms with Crippen LogP contribution >= 0.6 is 0 Å². The highest BCUT2D eigenvalue weighted by atomic mass is 32.2. The van der Waals surface area contributed by atoms with Crippen molar-refractivity contribution in [3.63, 3.8) is 0 Å². The standard InChI is InChI=1S/C16H20F2N2O5S/c17-14(18)10-12(16(22)23)19-15(21)13-8-4-5-9-20(13)26(24,25)11-6-2-1-3-7-11/h1-3,6-7,12-14H,4-5,8-10H2,(H,19,21)(H,22,23). The molecular weight excluding hydrogens is 370 g/mol. The van der Waals surface area contributed by atoms with Crippen LogP contribution in [0.3, 0.4) is 0 Å². The lowest BCUT2D eigenvalue weighted by Gasteiger charge is -2.34. The molecule has 0 spiro atoms. The van der Waals surface area contributed by atoms with Crippen LogP contribution in [0.15, 0.2) is 35.2 Å². The molecule has 1 saturated heterocycles. The van der Waals surface area contributed by atoms with E-state index in [2.05, 4.69) is 0 Å². The first-order valence-corrected chi connectivity index (χ1v) is 9.55. The Balaban J connectivity index is 2.22. The smallest absolute Gasteiger partial charge is 0.326 e. The van der Waals surface area contributed by atoms with E-state index >= 15 is 0 Å². The predicted octanol–water partition coefficient (Wildman–Crippen LogP) is 1.45. The second-order valence-corrected chi connectivity index (χ2v) is 7.86. The van der Waals surface area contributed by atoms with Gasteiger partial charge in [0.05, 0.1) is 4.90 Å². The summed E-state index contributed by atoms with van der Waals surface area (Å²) in [6, 6.07) is 4.65. The van der Waals surface area contributed by atoms with Crippen LogP contribution in [0.5, 0.6) is 0 Å². The topological polar surface area (TPSA) is 104 Å². The highest BCUT2D eigenvalue weighted by molar-refractivity contribution is 7.89. The number of hydrogen-bond donors (Lipinski definition) is 2. The zero-order valence-electron chi connectivity index (χ0n) is 13.8. The summed E-state index contributed by atoms with van der Waals surface area (Å²) >= 11 is 0. The molecular formula is C16H20F2N2O5S. The van der Waals surface area contributed by atoms with Gasteiger partial charge in [0.15, 0.2) is 0 Å². The highest BCUT2D eigenvalue weighted by Crippen LogP contribution is 2.25. The third kappa shape index (κ3) is 4.76. The summed E-state index contributed by atoms with van der Waals surface area (Å²) in [5.74, 6) is -2.47. The van der Waals surface area contributed by atoms with E-state index in [9.17, 15) is 26.8 Å². The van der Waals surface area contributed by atoms with Crippen LogP contribution < -0.4 is 5.32 Å². The third-order valence-electron chi connectivity index (χ3n) is 4.13. The van der Waals surface area contributed by atoms with Crippen molar-refractivity contribution in [2.24, 2.45) is 0 Å². The average Bonchev–Trinajstić information content (AvgIpc) is 2.61. The minimum Gasteiger partial charge on any atom is -0.480 e. The molecule has 1 heterocycles. The number of carboxylic acids is 1. The minimum absolute atomic E-state index is 0.0158. The third-order valence-corrected chi connectivity index (χ3v) is 6.06. The normalized spacial score (nSPS) is 19.9. The molecule has 0 bridgehead atoms. The van der Waals surface area contributed by atoms with E-state index in [0.717, 1.165) is 4.31 Å². The molecule has 0 saturated carbocycles. The van der Waals surface area contributed by atoms with E-state index in [1.165, 1.54) is 12.1 Å². The maximum Gasteiger partial charge on any atom is 0.326 e. The Labute approximate surface area is 150 Å². The molecule has 1 amide bonds. The number of alkyl halides is 2. The molecule has 1 aromatic carbocycles. The highest BCUT2D eigenvalue weighted by Gasteiger charge is 2.39. The Hall–Kier alpha value is -2.07. The number of hydrogen-bond acceptors (Lipinski definition) is 4. The lowest BCUT2D eigenvalue weighted by Crippen LogP contribution is -2.55. The van der Waals surface area contributed by atoms with Gasteiger partial charge in [-0.2, -0.15) is 4.31 Å². The van der Waals surface area contributed by atoms with Crippen LogP contribution in [0.2, 0.25) is 0 Å². The van der Waals surface area contributed by atoms with Crippen LogP contribution in [0, 0.1) is 0 Å². The second kappa shape index (κ2) is 8.54. The quantitative estimate of drug-likeness (QED) is 0.734. The molecule has 1 aromatic rings. The summed E-state index contributed by atoms with van der Waals surface area (Å²) in [5, 5.41) is 11.0. The van der Waals surface area contributed by atoms with Gasteiger partial charge in [0, 0.05) is 13.0 Å². The van der Waals surface area contributed by atoms with Gasteiger partial charge in [-0.1, -0.05) is 24.6 Å². The zero-order chi connectivity index (χ0) is 19.3. The number of nitrogens with one attached hydrogen (secondary N) is 1. The van der Waals surface area contributed by atoms with Crippen LogP contribution in [0.25, 0.3) is 0 Å². The number of piperidine rings is 1. The first kappa shape index (κ1) is 20.2. The summed E-state index contributed by atoms with van der Waals surface area (Å²) < 4.78 is 51.6. The maximum absolute atomic E-state index is 12.8. The monoisotopic (exact) mass is 390 g/mol. The van der Waals surface area contributed by atoms with E-state index in [0.29, 0.717) is 12.8 Å². The number of carboxylic acid groups (broad SMARTS) is 1. The molecule has 2 N–H and O–H groups in total. The minimum atomic E-state index is -3.96. The fraction of sp³-hybridized carbons (Fsp3) is 0.500. The van der Waals surface area contributed by atoms with E-state index in [1.807, 2.05) is 5.32 Å². The lowest BCUT2D eigenvalue weighted by atomic mass is 10.0. The first-order chi connectivity index (χ1) is 12.2.